The van der Waals surface area contributed by atoms with E-state index in [0.29, 0.717) is 18.6 Å². The van der Waals surface area contributed by atoms with Crippen LogP contribution in [-0.4, -0.2) is 66.3 Å². The minimum atomic E-state index is -0.545. The predicted molar refractivity (Wildman–Crippen MR) is 161 cm³/mol. The molecule has 4 fully saturated rings. The summed E-state index contributed by atoms with van der Waals surface area (Å²) in [6.45, 7) is 8.63. The zero-order chi connectivity index (χ0) is 28.3. The molecule has 0 radical (unpaired) electrons. The van der Waals surface area contributed by atoms with Crippen LogP contribution in [0.1, 0.15) is 47.9 Å². The fraction of sp³-hybridized carbons (Fsp3) is 0.514. The number of aliphatic hydroxyl groups is 1. The van der Waals surface area contributed by atoms with Crippen molar-refractivity contribution in [1.82, 2.24) is 9.88 Å². The Morgan fingerprint density at radius 1 is 1.10 bits per heavy atom. The van der Waals surface area contributed by atoms with Crippen LogP contribution in [0.25, 0.3) is 11.3 Å². The zero-order valence-electron chi connectivity index (χ0n) is 24.5. The van der Waals surface area contributed by atoms with Crippen molar-refractivity contribution in [2.45, 2.75) is 70.6 Å². The van der Waals surface area contributed by atoms with E-state index in [0.717, 1.165) is 81.5 Å². The van der Waals surface area contributed by atoms with Crippen LogP contribution in [0.3, 0.4) is 0 Å². The van der Waals surface area contributed by atoms with Gasteiger partial charge in [-0.05, 0) is 91.5 Å². The lowest BCUT2D eigenvalue weighted by atomic mass is 9.91. The molecule has 5 atom stereocenters. The molecular weight excluding hydrogens is 526 g/mol. The van der Waals surface area contributed by atoms with Crippen molar-refractivity contribution in [3.63, 3.8) is 0 Å². The summed E-state index contributed by atoms with van der Waals surface area (Å²) in [5, 5.41) is 9.81. The van der Waals surface area contributed by atoms with Gasteiger partial charge >= 0.3 is 0 Å². The van der Waals surface area contributed by atoms with Gasteiger partial charge < -0.3 is 24.2 Å². The topological polar surface area (TPSA) is 70.6 Å². The highest BCUT2D eigenvalue weighted by atomic mass is 16.7. The lowest BCUT2D eigenvalue weighted by Gasteiger charge is -2.38. The normalized spacial score (nSPS) is 30.4. The number of ether oxygens (including phenoxy) is 3. The van der Waals surface area contributed by atoms with Gasteiger partial charge in [0.15, 0.2) is 6.29 Å². The van der Waals surface area contributed by atoms with E-state index in [-0.39, 0.29) is 11.5 Å². The third-order valence-corrected chi connectivity index (χ3v) is 10.7. The highest BCUT2D eigenvalue weighted by Crippen LogP contribution is 2.65. The molecule has 8 rings (SSSR count). The number of piperidine rings is 1. The second kappa shape index (κ2) is 10.6. The fourth-order valence-electron chi connectivity index (χ4n) is 7.98. The van der Waals surface area contributed by atoms with Gasteiger partial charge in [0.1, 0.15) is 24.3 Å². The second-order valence-electron chi connectivity index (χ2n) is 13.0. The maximum absolute atomic E-state index is 9.81. The summed E-state index contributed by atoms with van der Waals surface area (Å²) >= 11 is 0. The predicted octanol–water partition coefficient (Wildman–Crippen LogP) is 5.11. The molecule has 0 spiro atoms. The Morgan fingerprint density at radius 3 is 2.83 bits per heavy atom. The smallest absolute Gasteiger partial charge is 0.182 e. The molecule has 42 heavy (non-hydrogen) atoms. The molecule has 1 aliphatic carbocycles. The van der Waals surface area contributed by atoms with Crippen LogP contribution < -0.4 is 9.64 Å². The van der Waals surface area contributed by atoms with Crippen molar-refractivity contribution in [2.24, 2.45) is 11.3 Å². The summed E-state index contributed by atoms with van der Waals surface area (Å²) in [6.07, 6.45) is 5.22. The van der Waals surface area contributed by atoms with Crippen molar-refractivity contribution < 1.29 is 19.3 Å². The average Bonchev–Trinajstić information content (AvgIpc) is 3.96. The molecule has 5 heterocycles. The molecule has 0 bridgehead atoms. The first-order valence-electron chi connectivity index (χ1n) is 15.8. The highest BCUT2D eigenvalue weighted by Gasteiger charge is 2.68. The third kappa shape index (κ3) is 4.80. The van der Waals surface area contributed by atoms with E-state index >= 15 is 0 Å². The van der Waals surface area contributed by atoms with Gasteiger partial charge in [-0.15, -0.1) is 0 Å². The largest absolute Gasteiger partial charge is 0.488 e. The molecule has 3 saturated heterocycles. The van der Waals surface area contributed by atoms with Crippen molar-refractivity contribution in [2.75, 3.05) is 37.7 Å². The number of para-hydroxylation sites is 1. The molecule has 3 aromatic rings. The maximum Gasteiger partial charge on any atom is 0.182 e. The van der Waals surface area contributed by atoms with Crippen molar-refractivity contribution in [1.29, 1.82) is 0 Å². The monoisotopic (exact) mass is 567 g/mol. The number of epoxide rings is 1. The number of anilines is 1. The van der Waals surface area contributed by atoms with Crippen LogP contribution in [-0.2, 0) is 29.0 Å². The van der Waals surface area contributed by atoms with E-state index in [9.17, 15) is 5.11 Å². The summed E-state index contributed by atoms with van der Waals surface area (Å²) < 4.78 is 17.7. The van der Waals surface area contributed by atoms with Crippen LogP contribution in [0.2, 0.25) is 0 Å². The molecule has 1 aromatic heterocycles. The number of fused-ring (bicyclic) bond motifs is 2. The first kappa shape index (κ1) is 26.6. The van der Waals surface area contributed by atoms with Crippen LogP contribution in [0.5, 0.6) is 5.75 Å². The molecule has 2 aromatic carbocycles. The van der Waals surface area contributed by atoms with E-state index in [2.05, 4.69) is 65.3 Å². The number of hydrogen-bond donors (Lipinski definition) is 1. The van der Waals surface area contributed by atoms with Crippen molar-refractivity contribution in [3.05, 3.63) is 76.9 Å². The molecule has 2 unspecified atom stereocenters. The lowest BCUT2D eigenvalue weighted by molar-refractivity contribution is 0.0125. The number of aromatic nitrogens is 1. The first-order chi connectivity index (χ1) is 20.6. The van der Waals surface area contributed by atoms with Crippen molar-refractivity contribution in [3.8, 4) is 17.0 Å². The summed E-state index contributed by atoms with van der Waals surface area (Å²) in [5.41, 5.74) is 7.73. The van der Waals surface area contributed by atoms with Crippen LogP contribution in [0.15, 0.2) is 54.6 Å². The number of nitrogens with zero attached hydrogens (tertiary/aromatic N) is 3. The SMILES string of the molecule is Cc1c(COc2ccccc2-c2cccc(N3CC[C@@]4(C5OC5O)C[C@H]4C3)n2)ccc2c1CCN([C@H]1CCCOC1)C2. The molecule has 7 nitrogen and oxygen atoms in total. The van der Waals surface area contributed by atoms with Crippen LogP contribution >= 0.6 is 0 Å². The van der Waals surface area contributed by atoms with Gasteiger partial charge in [0.05, 0.1) is 12.3 Å². The van der Waals surface area contributed by atoms with Gasteiger partial charge in [-0.2, -0.15) is 0 Å². The van der Waals surface area contributed by atoms with E-state index < -0.39 is 6.29 Å². The molecule has 7 heteroatoms. The van der Waals surface area contributed by atoms with Gasteiger partial charge in [0.2, 0.25) is 0 Å². The van der Waals surface area contributed by atoms with Gasteiger partial charge in [-0.25, -0.2) is 4.98 Å². The van der Waals surface area contributed by atoms with E-state index in [1.807, 2.05) is 6.07 Å². The summed E-state index contributed by atoms with van der Waals surface area (Å²) in [4.78, 5) is 10.1. The molecule has 0 amide bonds. The lowest BCUT2D eigenvalue weighted by Crippen LogP contribution is -2.44. The highest BCUT2D eigenvalue weighted by molar-refractivity contribution is 5.68. The Labute approximate surface area is 248 Å². The van der Waals surface area contributed by atoms with Crippen molar-refractivity contribution >= 4 is 5.82 Å². The van der Waals surface area contributed by atoms with Gasteiger partial charge in [-0.3, -0.25) is 4.90 Å². The summed E-state index contributed by atoms with van der Waals surface area (Å²) in [5.74, 6) is 2.46. The molecule has 1 saturated carbocycles. The number of pyridine rings is 1. The fourth-order valence-corrected chi connectivity index (χ4v) is 7.98. The third-order valence-electron chi connectivity index (χ3n) is 10.7. The standard InChI is InChI=1S/C35H41N3O4/c1-23-25(12-11-24-19-37(15-13-28(23)24)27-6-5-17-40-22-27)21-41-31-9-3-2-7-29(31)30-8-4-10-32(36-30)38-16-14-35(18-26(35)20-38)33-34(39)42-33/h2-4,7-12,26-27,33-34,39H,5-6,13-22H2,1H3/t26-,27-,33?,34?,35+/m0/s1. The zero-order valence-corrected chi connectivity index (χ0v) is 24.5. The average molecular weight is 568 g/mol. The number of hydrogen-bond acceptors (Lipinski definition) is 7. The summed E-state index contributed by atoms with van der Waals surface area (Å²) in [7, 11) is 0. The van der Waals surface area contributed by atoms with Crippen LogP contribution in [0.4, 0.5) is 5.82 Å². The van der Waals surface area contributed by atoms with E-state index in [1.165, 1.54) is 35.1 Å². The van der Waals surface area contributed by atoms with E-state index in [1.54, 1.807) is 0 Å². The molecule has 1 N–H and O–H groups in total. The minimum Gasteiger partial charge on any atom is -0.488 e. The Balaban J connectivity index is 0.958. The Bertz CT molecular complexity index is 1470. The van der Waals surface area contributed by atoms with E-state index in [4.69, 9.17) is 19.2 Å². The number of aliphatic hydroxyl groups excluding tert-OH is 1. The Hall–Kier alpha value is -2.97. The van der Waals surface area contributed by atoms with Gasteiger partial charge in [-0.1, -0.05) is 30.3 Å². The molecule has 4 aliphatic heterocycles. The van der Waals surface area contributed by atoms with Gasteiger partial charge in [0.25, 0.3) is 0 Å². The Kier molecular flexibility index (Phi) is 6.75. The number of benzene rings is 2. The number of rotatable bonds is 7. The minimum absolute atomic E-state index is 0.0538. The molecular formula is C35H41N3O4. The van der Waals surface area contributed by atoms with Gasteiger partial charge in [0, 0.05) is 49.8 Å². The first-order valence-corrected chi connectivity index (χ1v) is 15.8. The second-order valence-corrected chi connectivity index (χ2v) is 13.0. The van der Waals surface area contributed by atoms with Crippen LogP contribution in [0, 0.1) is 18.3 Å². The Morgan fingerprint density at radius 2 is 2.00 bits per heavy atom. The quantitative estimate of drug-likeness (QED) is 0.398. The maximum atomic E-state index is 9.81. The molecule has 5 aliphatic rings. The molecule has 220 valence electrons. The summed E-state index contributed by atoms with van der Waals surface area (Å²) in [6, 6.07) is 19.7.